The summed E-state index contributed by atoms with van der Waals surface area (Å²) in [6.45, 7) is 11.2. The number of fused-ring (bicyclic) bond motifs is 9. The molecule has 168 valence electrons. The Hall–Kier alpha value is -0.380. The summed E-state index contributed by atoms with van der Waals surface area (Å²) in [7, 11) is 0. The van der Waals surface area contributed by atoms with E-state index in [2.05, 4.69) is 38.7 Å². The third-order valence-electron chi connectivity index (χ3n) is 11.8. The van der Waals surface area contributed by atoms with Crippen LogP contribution in [-0.2, 0) is 0 Å². The zero-order valence-electron chi connectivity index (χ0n) is 19.6. The molecule has 0 aromatic carbocycles. The number of allylic oxidation sites excluding steroid dienone is 1. The minimum absolute atomic E-state index is 0.0850. The highest BCUT2D eigenvalue weighted by molar-refractivity contribution is 5.27. The van der Waals surface area contributed by atoms with Gasteiger partial charge in [-0.2, -0.15) is 0 Å². The molecule has 0 spiro atoms. The number of aliphatic hydroxyl groups excluding tert-OH is 2. The van der Waals surface area contributed by atoms with Crippen molar-refractivity contribution >= 4 is 0 Å². The van der Waals surface area contributed by atoms with E-state index >= 15 is 0 Å². The quantitative estimate of drug-likeness (QED) is 0.569. The van der Waals surface area contributed by atoms with Crippen molar-refractivity contribution in [1.82, 2.24) is 4.90 Å². The van der Waals surface area contributed by atoms with Gasteiger partial charge in [-0.3, -0.25) is 4.90 Å². The Morgan fingerprint density at radius 3 is 2.60 bits per heavy atom. The molecule has 0 bridgehead atoms. The first-order valence-electron chi connectivity index (χ1n) is 13.1. The van der Waals surface area contributed by atoms with Crippen molar-refractivity contribution < 1.29 is 10.2 Å². The first-order valence-corrected chi connectivity index (χ1v) is 13.1. The van der Waals surface area contributed by atoms with E-state index in [9.17, 15) is 10.2 Å². The van der Waals surface area contributed by atoms with E-state index in [0.717, 1.165) is 49.5 Å². The third-order valence-corrected chi connectivity index (χ3v) is 11.8. The minimum atomic E-state index is -0.164. The van der Waals surface area contributed by atoms with E-state index in [1.54, 1.807) is 0 Å². The highest BCUT2D eigenvalue weighted by atomic mass is 16.3. The fraction of sp³-hybridized carbons (Fsp3) is 0.926. The Morgan fingerprint density at radius 2 is 1.80 bits per heavy atom. The van der Waals surface area contributed by atoms with Crippen LogP contribution in [0.4, 0.5) is 0 Å². The Labute approximate surface area is 183 Å². The molecule has 12 atom stereocenters. The summed E-state index contributed by atoms with van der Waals surface area (Å²) in [6, 6.07) is 1.46. The lowest BCUT2D eigenvalue weighted by Gasteiger charge is -2.60. The van der Waals surface area contributed by atoms with E-state index in [-0.39, 0.29) is 23.0 Å². The van der Waals surface area contributed by atoms with E-state index in [1.165, 1.54) is 37.8 Å². The molecule has 3 heteroatoms. The molecule has 2 aliphatic heterocycles. The van der Waals surface area contributed by atoms with E-state index in [1.807, 2.05) is 0 Å². The number of rotatable bonds is 0. The number of nitrogens with zero attached hydrogens (tertiary/aromatic N) is 1. The van der Waals surface area contributed by atoms with Gasteiger partial charge in [-0.15, -0.1) is 0 Å². The van der Waals surface area contributed by atoms with Crippen LogP contribution >= 0.6 is 0 Å². The summed E-state index contributed by atoms with van der Waals surface area (Å²) >= 11 is 0. The van der Waals surface area contributed by atoms with Gasteiger partial charge in [0.05, 0.1) is 12.2 Å². The van der Waals surface area contributed by atoms with Crippen LogP contribution in [-0.4, -0.2) is 45.9 Å². The van der Waals surface area contributed by atoms with E-state index in [4.69, 9.17) is 0 Å². The van der Waals surface area contributed by atoms with Crippen molar-refractivity contribution in [3.8, 4) is 0 Å². The van der Waals surface area contributed by atoms with Gasteiger partial charge in [-0.05, 0) is 92.3 Å². The molecule has 2 N–H and O–H groups in total. The van der Waals surface area contributed by atoms with Crippen molar-refractivity contribution in [2.75, 3.05) is 6.54 Å². The molecule has 3 nitrogen and oxygen atoms in total. The second kappa shape index (κ2) is 6.58. The minimum Gasteiger partial charge on any atom is -0.393 e. The first kappa shape index (κ1) is 20.2. The molecule has 6 rings (SSSR count). The summed E-state index contributed by atoms with van der Waals surface area (Å²) in [5.41, 5.74) is 1.80. The number of aliphatic hydroxyl groups is 2. The van der Waals surface area contributed by atoms with Crippen molar-refractivity contribution in [1.29, 1.82) is 0 Å². The maximum atomic E-state index is 11.8. The largest absolute Gasteiger partial charge is 0.393 e. The maximum Gasteiger partial charge on any atom is 0.0603 e. The Kier molecular flexibility index (Phi) is 4.44. The van der Waals surface area contributed by atoms with Crippen molar-refractivity contribution in [3.63, 3.8) is 0 Å². The fourth-order valence-electron chi connectivity index (χ4n) is 10.3. The third kappa shape index (κ3) is 2.44. The molecule has 6 unspecified atom stereocenters. The first-order chi connectivity index (χ1) is 14.2. The van der Waals surface area contributed by atoms with E-state index in [0.29, 0.717) is 23.8 Å². The fourth-order valence-corrected chi connectivity index (χ4v) is 10.3. The Balaban J connectivity index is 1.36. The van der Waals surface area contributed by atoms with Gasteiger partial charge in [0, 0.05) is 24.0 Å². The van der Waals surface area contributed by atoms with Gasteiger partial charge in [-0.1, -0.05) is 39.3 Å². The molecule has 2 heterocycles. The van der Waals surface area contributed by atoms with Gasteiger partial charge >= 0.3 is 0 Å². The molecule has 5 fully saturated rings. The van der Waals surface area contributed by atoms with Crippen LogP contribution in [0.3, 0.4) is 0 Å². The Bertz CT molecular complexity index is 749. The standard InChI is InChI=1S/C27H43NO2/c1-15-5-8-22-16(2)25-23(28(22)14-15)12-21-19-7-6-17-11-18(29)9-10-26(17,3)20(19)13-24(30)27(21,25)4/h6,15-16,18-25,29-30H,5,7-14H2,1-4H3/t15-,16+,18-,19?,20?,21?,22?,23?,24-,25?,26-,27+/m0/s1. The summed E-state index contributed by atoms with van der Waals surface area (Å²) in [5, 5.41) is 22.1. The lowest BCUT2D eigenvalue weighted by atomic mass is 9.46. The van der Waals surface area contributed by atoms with Gasteiger partial charge in [-0.25, -0.2) is 0 Å². The zero-order valence-corrected chi connectivity index (χ0v) is 19.6. The molecular weight excluding hydrogens is 370 g/mol. The highest BCUT2D eigenvalue weighted by Gasteiger charge is 2.69. The molecule has 0 amide bonds. The predicted molar refractivity (Wildman–Crippen MR) is 120 cm³/mol. The van der Waals surface area contributed by atoms with Crippen LogP contribution in [0, 0.1) is 46.3 Å². The van der Waals surface area contributed by atoms with Crippen molar-refractivity contribution in [3.05, 3.63) is 11.6 Å². The topological polar surface area (TPSA) is 43.7 Å². The second-order valence-electron chi connectivity index (χ2n) is 12.9. The molecule has 6 aliphatic rings. The normalized spacial score (nSPS) is 60.1. The summed E-state index contributed by atoms with van der Waals surface area (Å²) in [5.74, 6) is 4.19. The molecule has 4 aliphatic carbocycles. The lowest BCUT2D eigenvalue weighted by molar-refractivity contribution is -0.135. The van der Waals surface area contributed by atoms with Gasteiger partial charge in [0.1, 0.15) is 0 Å². The van der Waals surface area contributed by atoms with Crippen LogP contribution in [0.25, 0.3) is 0 Å². The van der Waals surface area contributed by atoms with Crippen LogP contribution < -0.4 is 0 Å². The average molecular weight is 414 g/mol. The van der Waals surface area contributed by atoms with E-state index < -0.39 is 0 Å². The Morgan fingerprint density at radius 1 is 1.00 bits per heavy atom. The maximum absolute atomic E-state index is 11.8. The average Bonchev–Trinajstić information content (AvgIpc) is 3.17. The lowest BCUT2D eigenvalue weighted by Crippen LogP contribution is -2.57. The second-order valence-corrected chi connectivity index (χ2v) is 12.9. The van der Waals surface area contributed by atoms with Gasteiger partial charge in [0.15, 0.2) is 0 Å². The highest BCUT2D eigenvalue weighted by Crippen LogP contribution is 2.69. The van der Waals surface area contributed by atoms with Gasteiger partial charge < -0.3 is 10.2 Å². The van der Waals surface area contributed by atoms with Crippen LogP contribution in [0.1, 0.15) is 79.1 Å². The van der Waals surface area contributed by atoms with Crippen molar-refractivity contribution in [2.24, 2.45) is 46.3 Å². The SMILES string of the molecule is C[C@H]1CCC2[C@@H](C)C3C(CC4C5CC=C6C[C@@H](O)CC[C@]6(C)C5C[C@H](O)[C@@]43C)N2C1. The number of hydrogen-bond acceptors (Lipinski definition) is 3. The smallest absolute Gasteiger partial charge is 0.0603 e. The summed E-state index contributed by atoms with van der Waals surface area (Å²) in [4.78, 5) is 2.91. The predicted octanol–water partition coefficient (Wildman–Crippen LogP) is 4.63. The van der Waals surface area contributed by atoms with Gasteiger partial charge in [0.2, 0.25) is 0 Å². The van der Waals surface area contributed by atoms with Crippen LogP contribution in [0.15, 0.2) is 11.6 Å². The molecular formula is C27H43NO2. The van der Waals surface area contributed by atoms with Crippen molar-refractivity contribution in [2.45, 2.75) is 103 Å². The monoisotopic (exact) mass is 413 g/mol. The zero-order chi connectivity index (χ0) is 21.0. The molecule has 3 saturated carbocycles. The molecule has 30 heavy (non-hydrogen) atoms. The molecule has 0 aromatic heterocycles. The molecule has 2 saturated heterocycles. The number of piperidine rings is 1. The van der Waals surface area contributed by atoms with Gasteiger partial charge in [0.25, 0.3) is 0 Å². The van der Waals surface area contributed by atoms with Crippen LogP contribution in [0.2, 0.25) is 0 Å². The molecule has 0 radical (unpaired) electrons. The summed E-state index contributed by atoms with van der Waals surface area (Å²) < 4.78 is 0. The summed E-state index contributed by atoms with van der Waals surface area (Å²) in [6.07, 6.45) is 11.4. The number of hydrogen-bond donors (Lipinski definition) is 2. The molecule has 0 aromatic rings. The van der Waals surface area contributed by atoms with Crippen LogP contribution in [0.5, 0.6) is 0 Å².